The van der Waals surface area contributed by atoms with Crippen molar-refractivity contribution in [2.45, 2.75) is 38.8 Å². The second-order valence-corrected chi connectivity index (χ2v) is 9.98. The molecule has 2 aromatic rings. The summed E-state index contributed by atoms with van der Waals surface area (Å²) in [5.41, 5.74) is 5.05. The molecule has 1 heteroatoms. The Morgan fingerprint density at radius 1 is 0.762 bits per heavy atom. The van der Waals surface area contributed by atoms with Gasteiger partial charge in [0.2, 0.25) is 0 Å². The minimum atomic E-state index is -0.492. The van der Waals surface area contributed by atoms with Crippen molar-refractivity contribution in [3.8, 4) is 0 Å². The quantitative estimate of drug-likeness (QED) is 0.659. The molecule has 0 amide bonds. The molecular weight excluding hydrogens is 268 g/mol. The molecule has 0 aliphatic rings. The average molecular weight is 294 g/mol. The minimum absolute atomic E-state index is 0.492. The van der Waals surface area contributed by atoms with Gasteiger partial charge in [-0.15, -0.1) is 0 Å². The predicted octanol–water partition coefficient (Wildman–Crippen LogP) is 5.27. The van der Waals surface area contributed by atoms with Crippen LogP contribution in [0.3, 0.4) is 0 Å². The molecular formula is C20H25Si. The summed E-state index contributed by atoms with van der Waals surface area (Å²) in [6.07, 6.45) is 0. The average Bonchev–Trinajstić information content (AvgIpc) is 2.47. The maximum Gasteiger partial charge on any atom is 0.0910 e. The van der Waals surface area contributed by atoms with Crippen molar-refractivity contribution in [1.29, 1.82) is 0 Å². The molecule has 0 unspecified atom stereocenters. The first kappa shape index (κ1) is 15.8. The van der Waals surface area contributed by atoms with E-state index in [0.717, 1.165) is 16.7 Å². The Morgan fingerprint density at radius 3 is 1.71 bits per heavy atom. The molecule has 2 aromatic carbocycles. The van der Waals surface area contributed by atoms with Gasteiger partial charge in [-0.25, -0.2) is 0 Å². The smallest absolute Gasteiger partial charge is 0.0906 e. The number of hydrogen-bond acceptors (Lipinski definition) is 0. The van der Waals surface area contributed by atoms with E-state index < -0.39 is 8.80 Å². The van der Waals surface area contributed by atoms with Gasteiger partial charge in [0.15, 0.2) is 0 Å². The van der Waals surface area contributed by atoms with Gasteiger partial charge in [-0.1, -0.05) is 94.1 Å². The maximum absolute atomic E-state index is 4.25. The van der Waals surface area contributed by atoms with Crippen LogP contribution in [-0.4, -0.2) is 8.80 Å². The summed E-state index contributed by atoms with van der Waals surface area (Å²) in [6, 6.07) is 19.5. The zero-order chi connectivity index (χ0) is 15.4. The SMILES string of the molecule is C=C(c1ccccc1)c1ccc([Si](C(C)C)C(C)C)cc1. The molecule has 2 rings (SSSR count). The number of hydrogen-bond donors (Lipinski definition) is 0. The van der Waals surface area contributed by atoms with Crippen molar-refractivity contribution >= 4 is 19.6 Å². The van der Waals surface area contributed by atoms with Gasteiger partial charge in [0.05, 0.1) is 8.80 Å². The topological polar surface area (TPSA) is 0 Å². The minimum Gasteiger partial charge on any atom is -0.0906 e. The second-order valence-electron chi connectivity index (χ2n) is 6.19. The highest BCUT2D eigenvalue weighted by atomic mass is 28.3. The van der Waals surface area contributed by atoms with E-state index in [0.29, 0.717) is 0 Å². The highest BCUT2D eigenvalue weighted by Gasteiger charge is 2.21. The highest BCUT2D eigenvalue weighted by molar-refractivity contribution is 6.75. The van der Waals surface area contributed by atoms with Gasteiger partial charge in [0.1, 0.15) is 0 Å². The molecule has 0 heterocycles. The van der Waals surface area contributed by atoms with Crippen molar-refractivity contribution in [3.05, 3.63) is 72.3 Å². The fourth-order valence-electron chi connectivity index (χ4n) is 3.00. The van der Waals surface area contributed by atoms with Gasteiger partial charge in [-0.2, -0.15) is 0 Å². The third kappa shape index (κ3) is 3.73. The van der Waals surface area contributed by atoms with E-state index in [4.69, 9.17) is 0 Å². The molecule has 0 nitrogen and oxygen atoms in total. The monoisotopic (exact) mass is 293 g/mol. The van der Waals surface area contributed by atoms with Gasteiger partial charge in [-0.05, 0) is 27.8 Å². The van der Waals surface area contributed by atoms with Crippen LogP contribution >= 0.6 is 0 Å². The molecule has 0 spiro atoms. The summed E-state index contributed by atoms with van der Waals surface area (Å²) in [6.45, 7) is 13.7. The van der Waals surface area contributed by atoms with Crippen molar-refractivity contribution < 1.29 is 0 Å². The van der Waals surface area contributed by atoms with Gasteiger partial charge in [0.25, 0.3) is 0 Å². The van der Waals surface area contributed by atoms with Crippen LogP contribution in [0.25, 0.3) is 5.57 Å². The molecule has 0 fully saturated rings. The Morgan fingerprint density at radius 2 is 1.24 bits per heavy atom. The predicted molar refractivity (Wildman–Crippen MR) is 96.6 cm³/mol. The van der Waals surface area contributed by atoms with Gasteiger partial charge in [0, 0.05) is 0 Å². The fourth-order valence-corrected chi connectivity index (χ4v) is 6.22. The second kappa shape index (κ2) is 6.90. The lowest BCUT2D eigenvalue weighted by molar-refractivity contribution is 0.951. The van der Waals surface area contributed by atoms with Crippen LogP contribution < -0.4 is 5.19 Å². The Hall–Kier alpha value is -1.60. The first-order valence-corrected chi connectivity index (χ1v) is 9.38. The van der Waals surface area contributed by atoms with Crippen molar-refractivity contribution in [1.82, 2.24) is 0 Å². The molecule has 0 aliphatic carbocycles. The largest absolute Gasteiger partial charge is 0.0910 e. The molecule has 0 saturated carbocycles. The Labute approximate surface area is 131 Å². The van der Waals surface area contributed by atoms with E-state index in [9.17, 15) is 0 Å². The highest BCUT2D eigenvalue weighted by Crippen LogP contribution is 2.23. The van der Waals surface area contributed by atoms with Crippen LogP contribution in [0.15, 0.2) is 61.2 Å². The molecule has 1 radical (unpaired) electrons. The van der Waals surface area contributed by atoms with E-state index in [1.54, 1.807) is 0 Å². The summed E-state index contributed by atoms with van der Waals surface area (Å²) in [5, 5.41) is 1.54. The number of rotatable bonds is 5. The van der Waals surface area contributed by atoms with Crippen molar-refractivity contribution in [3.63, 3.8) is 0 Å². The van der Waals surface area contributed by atoms with E-state index in [1.807, 2.05) is 6.07 Å². The standard InChI is InChI=1S/C20H25Si/c1-15(2)21(16(3)4)20-13-11-19(12-14-20)17(5)18-9-7-6-8-10-18/h6-16H,5H2,1-4H3. The van der Waals surface area contributed by atoms with Crippen LogP contribution in [0.4, 0.5) is 0 Å². The van der Waals surface area contributed by atoms with Crippen LogP contribution in [0.5, 0.6) is 0 Å². The molecule has 0 saturated heterocycles. The summed E-state index contributed by atoms with van der Waals surface area (Å²) >= 11 is 0. The molecule has 0 N–H and O–H groups in total. The summed E-state index contributed by atoms with van der Waals surface area (Å²) in [4.78, 5) is 0. The normalized spacial score (nSPS) is 11.4. The Bertz CT molecular complexity index is 571. The van der Waals surface area contributed by atoms with Crippen LogP contribution in [0.2, 0.25) is 11.1 Å². The zero-order valence-electron chi connectivity index (χ0n) is 13.6. The van der Waals surface area contributed by atoms with Gasteiger partial charge < -0.3 is 0 Å². The summed E-state index contributed by atoms with van der Waals surface area (Å²) in [7, 11) is -0.492. The third-order valence-corrected chi connectivity index (χ3v) is 7.42. The third-order valence-electron chi connectivity index (χ3n) is 3.93. The van der Waals surface area contributed by atoms with E-state index in [2.05, 4.69) is 82.8 Å². The van der Waals surface area contributed by atoms with E-state index in [-0.39, 0.29) is 0 Å². The molecule has 0 aliphatic heterocycles. The van der Waals surface area contributed by atoms with Gasteiger partial charge >= 0.3 is 0 Å². The first-order valence-electron chi connectivity index (χ1n) is 7.72. The lowest BCUT2D eigenvalue weighted by Crippen LogP contribution is -2.35. The molecule has 109 valence electrons. The lowest BCUT2D eigenvalue weighted by Gasteiger charge is -2.23. The first-order chi connectivity index (χ1) is 10.0. The molecule has 21 heavy (non-hydrogen) atoms. The summed E-state index contributed by atoms with van der Waals surface area (Å²) in [5.74, 6) is 0. The lowest BCUT2D eigenvalue weighted by atomic mass is 10.00. The molecule has 0 bridgehead atoms. The Balaban J connectivity index is 2.25. The summed E-state index contributed by atoms with van der Waals surface area (Å²) < 4.78 is 0. The van der Waals surface area contributed by atoms with Crippen LogP contribution in [0, 0.1) is 0 Å². The zero-order valence-corrected chi connectivity index (χ0v) is 14.6. The molecule has 0 aromatic heterocycles. The fraction of sp³-hybridized carbons (Fsp3) is 0.300. The maximum atomic E-state index is 4.25. The number of benzene rings is 2. The van der Waals surface area contributed by atoms with E-state index >= 15 is 0 Å². The van der Waals surface area contributed by atoms with E-state index in [1.165, 1.54) is 16.3 Å². The molecule has 0 atom stereocenters. The Kier molecular flexibility index (Phi) is 5.19. The van der Waals surface area contributed by atoms with Crippen molar-refractivity contribution in [2.75, 3.05) is 0 Å². The van der Waals surface area contributed by atoms with Crippen LogP contribution in [0.1, 0.15) is 38.8 Å². The van der Waals surface area contributed by atoms with Gasteiger partial charge in [-0.3, -0.25) is 0 Å². The van der Waals surface area contributed by atoms with Crippen LogP contribution in [-0.2, 0) is 0 Å². The van der Waals surface area contributed by atoms with Crippen molar-refractivity contribution in [2.24, 2.45) is 0 Å².